The van der Waals surface area contributed by atoms with Gasteiger partial charge in [0.2, 0.25) is 0 Å². The van der Waals surface area contributed by atoms with Crippen LogP contribution in [0.5, 0.6) is 11.5 Å². The molecule has 0 atom stereocenters. The van der Waals surface area contributed by atoms with E-state index < -0.39 is 16.6 Å². The second-order valence-electron chi connectivity index (χ2n) is 6.26. The van der Waals surface area contributed by atoms with E-state index >= 15 is 0 Å². The van der Waals surface area contributed by atoms with Crippen molar-refractivity contribution in [2.75, 3.05) is 25.1 Å². The van der Waals surface area contributed by atoms with Crippen molar-refractivity contribution in [2.45, 2.75) is 12.8 Å². The van der Waals surface area contributed by atoms with Crippen molar-refractivity contribution in [2.24, 2.45) is 5.10 Å². The van der Waals surface area contributed by atoms with Gasteiger partial charge >= 0.3 is 0 Å². The van der Waals surface area contributed by atoms with Gasteiger partial charge < -0.3 is 14.7 Å². The summed E-state index contributed by atoms with van der Waals surface area (Å²) in [7, 11) is 1.25. The fraction of sp³-hybridized carbons (Fsp3) is 0.263. The molecular formula is C19H19N4O5-. The fourth-order valence-corrected chi connectivity index (χ4v) is 2.99. The molecule has 0 unspecified atom stereocenters. The summed E-state index contributed by atoms with van der Waals surface area (Å²) in [6.07, 6.45) is 3.40. The summed E-state index contributed by atoms with van der Waals surface area (Å²) in [6, 6.07) is 9.28. The third-order valence-corrected chi connectivity index (χ3v) is 4.47. The van der Waals surface area contributed by atoms with Crippen LogP contribution >= 0.6 is 0 Å². The number of carbonyl (C=O) groups is 1. The maximum Gasteiger partial charge on any atom is 0.273 e. The highest BCUT2D eigenvalue weighted by Gasteiger charge is 2.13. The van der Waals surface area contributed by atoms with E-state index in [4.69, 9.17) is 4.74 Å². The van der Waals surface area contributed by atoms with Gasteiger partial charge in [0.15, 0.2) is 0 Å². The van der Waals surface area contributed by atoms with Gasteiger partial charge in [0.25, 0.3) is 11.6 Å². The number of nitro benzene ring substituents is 1. The lowest BCUT2D eigenvalue weighted by atomic mass is 10.1. The number of ether oxygens (including phenoxy) is 1. The molecule has 0 aliphatic carbocycles. The number of nitrogens with one attached hydrogen (secondary N) is 1. The molecule has 1 saturated heterocycles. The second-order valence-corrected chi connectivity index (χ2v) is 6.26. The first kappa shape index (κ1) is 19.2. The highest BCUT2D eigenvalue weighted by Crippen LogP contribution is 2.31. The molecule has 28 heavy (non-hydrogen) atoms. The van der Waals surface area contributed by atoms with Crippen LogP contribution < -0.4 is 20.2 Å². The van der Waals surface area contributed by atoms with E-state index in [9.17, 15) is 20.0 Å². The van der Waals surface area contributed by atoms with E-state index in [1.807, 2.05) is 12.1 Å². The van der Waals surface area contributed by atoms with Gasteiger partial charge in [0.05, 0.1) is 24.3 Å². The number of nitro groups is 1. The second kappa shape index (κ2) is 8.38. The monoisotopic (exact) mass is 383 g/mol. The van der Waals surface area contributed by atoms with E-state index in [2.05, 4.69) is 15.4 Å². The molecule has 2 aromatic rings. The van der Waals surface area contributed by atoms with Gasteiger partial charge in [-0.3, -0.25) is 14.9 Å². The Labute approximate surface area is 161 Å². The van der Waals surface area contributed by atoms with Crippen LogP contribution in [0.4, 0.5) is 11.4 Å². The average molecular weight is 383 g/mol. The Kier molecular flexibility index (Phi) is 5.73. The molecular weight excluding hydrogens is 364 g/mol. The minimum absolute atomic E-state index is 0.0595. The zero-order chi connectivity index (χ0) is 20.1. The zero-order valence-corrected chi connectivity index (χ0v) is 15.3. The van der Waals surface area contributed by atoms with Crippen LogP contribution in [0.2, 0.25) is 0 Å². The Bertz CT molecular complexity index is 905. The van der Waals surface area contributed by atoms with E-state index in [0.717, 1.165) is 37.1 Å². The number of hydrogen-bond acceptors (Lipinski definition) is 7. The molecule has 1 aliphatic heterocycles. The highest BCUT2D eigenvalue weighted by molar-refractivity contribution is 5.95. The first-order valence-electron chi connectivity index (χ1n) is 8.71. The molecule has 3 rings (SSSR count). The Balaban J connectivity index is 1.69. The van der Waals surface area contributed by atoms with Gasteiger partial charge in [-0.2, -0.15) is 5.10 Å². The molecule has 1 fully saturated rings. The average Bonchev–Trinajstić information content (AvgIpc) is 3.24. The Morgan fingerprint density at radius 2 is 1.93 bits per heavy atom. The van der Waals surface area contributed by atoms with Crippen molar-refractivity contribution in [3.05, 3.63) is 57.6 Å². The molecule has 0 radical (unpaired) electrons. The van der Waals surface area contributed by atoms with Crippen molar-refractivity contribution >= 4 is 23.5 Å². The lowest BCUT2D eigenvalue weighted by Gasteiger charge is -2.17. The molecule has 1 amide bonds. The molecule has 0 saturated carbocycles. The number of benzene rings is 2. The first-order valence-corrected chi connectivity index (χ1v) is 8.71. The van der Waals surface area contributed by atoms with E-state index in [-0.39, 0.29) is 17.0 Å². The standard InChI is InChI=1S/C19H20N4O5/c1-28-17-11-16(23(26)27)10-14(18(17)24)12-20-21-19(25)13-4-6-15(7-5-13)22-8-2-3-9-22/h4-7,10-12,24H,2-3,8-9H2,1H3,(H,21,25)/p-1/b20-12-. The van der Waals surface area contributed by atoms with Gasteiger partial charge in [0.1, 0.15) is 5.75 Å². The summed E-state index contributed by atoms with van der Waals surface area (Å²) in [4.78, 5) is 24.8. The number of nitrogens with zero attached hydrogens (tertiary/aromatic N) is 3. The first-order chi connectivity index (χ1) is 13.5. The van der Waals surface area contributed by atoms with Crippen LogP contribution in [-0.4, -0.2) is 37.2 Å². The summed E-state index contributed by atoms with van der Waals surface area (Å²) in [5, 5.41) is 26.8. The van der Waals surface area contributed by atoms with Crippen LogP contribution in [0.1, 0.15) is 28.8 Å². The normalized spacial score (nSPS) is 13.7. The lowest BCUT2D eigenvalue weighted by molar-refractivity contribution is -0.385. The molecule has 1 heterocycles. The van der Waals surface area contributed by atoms with Gasteiger partial charge in [-0.15, -0.1) is 0 Å². The van der Waals surface area contributed by atoms with E-state index in [0.29, 0.717) is 5.56 Å². The van der Waals surface area contributed by atoms with Crippen LogP contribution in [0, 0.1) is 10.1 Å². The predicted molar refractivity (Wildman–Crippen MR) is 102 cm³/mol. The number of hydrogen-bond donors (Lipinski definition) is 1. The van der Waals surface area contributed by atoms with E-state index in [1.54, 1.807) is 12.1 Å². The number of amides is 1. The number of hydrazone groups is 1. The fourth-order valence-electron chi connectivity index (χ4n) is 2.99. The van der Waals surface area contributed by atoms with E-state index in [1.165, 1.54) is 20.0 Å². The number of carbonyl (C=O) groups excluding carboxylic acids is 1. The quantitative estimate of drug-likeness (QED) is 0.463. The van der Waals surface area contributed by atoms with Gasteiger partial charge in [0, 0.05) is 30.4 Å². The smallest absolute Gasteiger partial charge is 0.273 e. The third kappa shape index (κ3) is 4.20. The van der Waals surface area contributed by atoms with Crippen molar-refractivity contribution < 1.29 is 19.6 Å². The van der Waals surface area contributed by atoms with Gasteiger partial charge in [-0.25, -0.2) is 5.43 Å². The molecule has 1 aliphatic rings. The summed E-state index contributed by atoms with van der Waals surface area (Å²) in [6.45, 7) is 2.03. The van der Waals surface area contributed by atoms with Crippen LogP contribution in [0.15, 0.2) is 41.5 Å². The van der Waals surface area contributed by atoms with Crippen LogP contribution in [0.25, 0.3) is 0 Å². The number of non-ortho nitro benzene ring substituents is 1. The van der Waals surface area contributed by atoms with Gasteiger partial charge in [-0.05, 0) is 42.7 Å². The zero-order valence-electron chi connectivity index (χ0n) is 15.3. The predicted octanol–water partition coefficient (Wildman–Crippen LogP) is 2.04. The third-order valence-electron chi connectivity index (χ3n) is 4.47. The van der Waals surface area contributed by atoms with Crippen molar-refractivity contribution in [3.63, 3.8) is 0 Å². The summed E-state index contributed by atoms with van der Waals surface area (Å²) >= 11 is 0. The maximum absolute atomic E-state index is 12.2. The topological polar surface area (TPSA) is 120 Å². The Morgan fingerprint density at radius 1 is 1.25 bits per heavy atom. The summed E-state index contributed by atoms with van der Waals surface area (Å²) in [5.41, 5.74) is 3.44. The minimum atomic E-state index is -0.639. The van der Waals surface area contributed by atoms with Gasteiger partial charge in [-0.1, -0.05) is 5.75 Å². The lowest BCUT2D eigenvalue weighted by Crippen LogP contribution is -2.19. The van der Waals surface area contributed by atoms with Crippen molar-refractivity contribution in [1.29, 1.82) is 0 Å². The molecule has 0 aromatic heterocycles. The Hall–Kier alpha value is -3.62. The largest absolute Gasteiger partial charge is 0.870 e. The summed E-state index contributed by atoms with van der Waals surface area (Å²) in [5.74, 6) is -1.17. The van der Waals surface area contributed by atoms with Crippen molar-refractivity contribution in [3.8, 4) is 11.5 Å². The maximum atomic E-state index is 12.2. The molecule has 0 bridgehead atoms. The summed E-state index contributed by atoms with van der Waals surface area (Å²) < 4.78 is 4.86. The molecule has 146 valence electrons. The van der Waals surface area contributed by atoms with Crippen LogP contribution in [0.3, 0.4) is 0 Å². The molecule has 1 N–H and O–H groups in total. The SMILES string of the molecule is COc1cc([N+](=O)[O-])cc(/C=N\NC(=O)c2ccc(N3CCCC3)cc2)c1[O-]. The molecule has 2 aromatic carbocycles. The molecule has 9 nitrogen and oxygen atoms in total. The Morgan fingerprint density at radius 3 is 2.54 bits per heavy atom. The highest BCUT2D eigenvalue weighted by atomic mass is 16.6. The molecule has 0 spiro atoms. The van der Waals surface area contributed by atoms with Crippen LogP contribution in [-0.2, 0) is 0 Å². The minimum Gasteiger partial charge on any atom is -0.870 e. The number of methoxy groups -OCH3 is 1. The number of anilines is 1. The molecule has 9 heteroatoms. The number of rotatable bonds is 6. The van der Waals surface area contributed by atoms with Crippen molar-refractivity contribution in [1.82, 2.24) is 5.43 Å².